The maximum atomic E-state index is 6.07. The molecule has 0 amide bonds. The molecular formula is C10H21NS. The van der Waals surface area contributed by atoms with Crippen LogP contribution in [0.15, 0.2) is 0 Å². The van der Waals surface area contributed by atoms with E-state index in [9.17, 15) is 0 Å². The number of hydrogen-bond donors (Lipinski definition) is 1. The predicted molar refractivity (Wildman–Crippen MR) is 57.5 cm³/mol. The Morgan fingerprint density at radius 3 is 2.58 bits per heavy atom. The molecule has 1 fully saturated rings. The maximum Gasteiger partial charge on any atom is 0.0159 e. The smallest absolute Gasteiger partial charge is 0.0159 e. The molecule has 2 heteroatoms. The van der Waals surface area contributed by atoms with Gasteiger partial charge in [0.25, 0.3) is 0 Å². The number of hydrogen-bond acceptors (Lipinski definition) is 2. The molecule has 1 aliphatic rings. The van der Waals surface area contributed by atoms with E-state index in [1.165, 1.54) is 24.3 Å². The van der Waals surface area contributed by atoms with Gasteiger partial charge in [0, 0.05) is 11.8 Å². The van der Waals surface area contributed by atoms with Gasteiger partial charge in [0.15, 0.2) is 0 Å². The number of rotatable bonds is 1. The zero-order valence-corrected chi connectivity index (χ0v) is 9.29. The van der Waals surface area contributed by atoms with Crippen LogP contribution in [0.25, 0.3) is 0 Å². The summed E-state index contributed by atoms with van der Waals surface area (Å²) in [7, 11) is 0. The lowest BCUT2D eigenvalue weighted by Gasteiger charge is -2.33. The van der Waals surface area contributed by atoms with Gasteiger partial charge in [-0.1, -0.05) is 20.8 Å². The Balaban J connectivity index is 2.39. The molecule has 0 saturated carbocycles. The van der Waals surface area contributed by atoms with Gasteiger partial charge in [0.1, 0.15) is 0 Å². The van der Waals surface area contributed by atoms with E-state index in [-0.39, 0.29) is 0 Å². The molecule has 0 bridgehead atoms. The van der Waals surface area contributed by atoms with Crippen LogP contribution in [0.3, 0.4) is 0 Å². The van der Waals surface area contributed by atoms with Gasteiger partial charge in [-0.3, -0.25) is 0 Å². The van der Waals surface area contributed by atoms with Crippen molar-refractivity contribution in [3.63, 3.8) is 0 Å². The zero-order chi connectivity index (χ0) is 9.19. The largest absolute Gasteiger partial charge is 0.327 e. The molecule has 2 unspecified atom stereocenters. The van der Waals surface area contributed by atoms with Gasteiger partial charge in [-0.15, -0.1) is 0 Å². The topological polar surface area (TPSA) is 26.0 Å². The third-order valence-electron chi connectivity index (χ3n) is 2.42. The second-order valence-corrected chi connectivity index (χ2v) is 6.20. The lowest BCUT2D eigenvalue weighted by molar-refractivity contribution is 0.262. The molecule has 0 radical (unpaired) electrons. The summed E-state index contributed by atoms with van der Waals surface area (Å²) in [6.45, 7) is 6.92. The highest BCUT2D eigenvalue weighted by atomic mass is 32.2. The van der Waals surface area contributed by atoms with Crippen molar-refractivity contribution in [1.82, 2.24) is 0 Å². The van der Waals surface area contributed by atoms with Crippen LogP contribution in [0.2, 0.25) is 0 Å². The van der Waals surface area contributed by atoms with E-state index in [0.717, 1.165) is 5.92 Å². The Morgan fingerprint density at radius 2 is 2.08 bits per heavy atom. The third kappa shape index (κ3) is 3.36. The van der Waals surface area contributed by atoms with Crippen molar-refractivity contribution < 1.29 is 0 Å². The van der Waals surface area contributed by atoms with Crippen LogP contribution in [0.4, 0.5) is 0 Å². The first-order valence-electron chi connectivity index (χ1n) is 4.82. The molecule has 0 aromatic carbocycles. The Kier molecular flexibility index (Phi) is 3.47. The first kappa shape index (κ1) is 10.4. The molecule has 0 aromatic heterocycles. The minimum atomic E-state index is 0.447. The van der Waals surface area contributed by atoms with Crippen molar-refractivity contribution in [3.8, 4) is 0 Å². The summed E-state index contributed by atoms with van der Waals surface area (Å²) >= 11 is 2.01. The molecule has 0 spiro atoms. The molecule has 0 aromatic rings. The normalized spacial score (nSPS) is 32.0. The van der Waals surface area contributed by atoms with Crippen molar-refractivity contribution in [2.24, 2.45) is 17.1 Å². The quantitative estimate of drug-likeness (QED) is 0.682. The van der Waals surface area contributed by atoms with E-state index < -0.39 is 0 Å². The SMILES string of the molecule is CC(C)(C)CC1CCSCC1N. The van der Waals surface area contributed by atoms with E-state index in [1.807, 2.05) is 11.8 Å². The summed E-state index contributed by atoms with van der Waals surface area (Å²) < 4.78 is 0. The molecule has 1 nitrogen and oxygen atoms in total. The van der Waals surface area contributed by atoms with Crippen molar-refractivity contribution in [1.29, 1.82) is 0 Å². The van der Waals surface area contributed by atoms with E-state index >= 15 is 0 Å². The fraction of sp³-hybridized carbons (Fsp3) is 1.00. The lowest BCUT2D eigenvalue weighted by atomic mass is 9.80. The van der Waals surface area contributed by atoms with Gasteiger partial charge in [0.2, 0.25) is 0 Å². The summed E-state index contributed by atoms with van der Waals surface area (Å²) in [5, 5.41) is 0. The monoisotopic (exact) mass is 187 g/mol. The first-order valence-corrected chi connectivity index (χ1v) is 5.98. The van der Waals surface area contributed by atoms with E-state index in [0.29, 0.717) is 11.5 Å². The van der Waals surface area contributed by atoms with Crippen LogP contribution in [-0.4, -0.2) is 17.5 Å². The Bertz CT molecular complexity index is 139. The molecule has 1 rings (SSSR count). The number of thioether (sulfide) groups is 1. The van der Waals surface area contributed by atoms with Gasteiger partial charge >= 0.3 is 0 Å². The summed E-state index contributed by atoms with van der Waals surface area (Å²) in [6, 6.07) is 0.447. The number of nitrogens with two attached hydrogens (primary N) is 1. The molecule has 72 valence electrons. The predicted octanol–water partition coefficient (Wildman–Crippen LogP) is 2.50. The third-order valence-corrected chi connectivity index (χ3v) is 3.57. The van der Waals surface area contributed by atoms with E-state index in [2.05, 4.69) is 20.8 Å². The van der Waals surface area contributed by atoms with Gasteiger partial charge in [-0.25, -0.2) is 0 Å². The second-order valence-electron chi connectivity index (χ2n) is 5.05. The van der Waals surface area contributed by atoms with Crippen LogP contribution < -0.4 is 5.73 Å². The Hall–Kier alpha value is 0.310. The molecule has 2 N–H and O–H groups in total. The Morgan fingerprint density at radius 1 is 1.42 bits per heavy atom. The molecule has 1 saturated heterocycles. The van der Waals surface area contributed by atoms with Crippen molar-refractivity contribution in [3.05, 3.63) is 0 Å². The molecule has 1 heterocycles. The summed E-state index contributed by atoms with van der Waals surface area (Å²) in [4.78, 5) is 0. The minimum Gasteiger partial charge on any atom is -0.327 e. The lowest BCUT2D eigenvalue weighted by Crippen LogP contribution is -2.38. The fourth-order valence-corrected chi connectivity index (χ4v) is 3.02. The van der Waals surface area contributed by atoms with Gasteiger partial charge in [0.05, 0.1) is 0 Å². The summed E-state index contributed by atoms with van der Waals surface area (Å²) in [5.41, 5.74) is 6.51. The summed E-state index contributed by atoms with van der Waals surface area (Å²) in [5.74, 6) is 3.25. The van der Waals surface area contributed by atoms with Crippen molar-refractivity contribution in [2.45, 2.75) is 39.7 Å². The molecule has 12 heavy (non-hydrogen) atoms. The van der Waals surface area contributed by atoms with Crippen molar-refractivity contribution >= 4 is 11.8 Å². The molecule has 0 aliphatic carbocycles. The summed E-state index contributed by atoms with van der Waals surface area (Å²) in [6.07, 6.45) is 2.61. The van der Waals surface area contributed by atoms with E-state index in [1.54, 1.807) is 0 Å². The first-order chi connectivity index (χ1) is 5.49. The maximum absolute atomic E-state index is 6.07. The van der Waals surface area contributed by atoms with E-state index in [4.69, 9.17) is 5.73 Å². The van der Waals surface area contributed by atoms with Crippen LogP contribution >= 0.6 is 11.8 Å². The standard InChI is InChI=1S/C10H21NS/c1-10(2,3)6-8-4-5-12-7-9(8)11/h8-9H,4-7,11H2,1-3H3. The van der Waals surface area contributed by atoms with Crippen LogP contribution in [0.1, 0.15) is 33.6 Å². The van der Waals surface area contributed by atoms with Gasteiger partial charge in [-0.05, 0) is 29.9 Å². The van der Waals surface area contributed by atoms with Gasteiger partial charge < -0.3 is 5.73 Å². The average Bonchev–Trinajstić information content (AvgIpc) is 1.91. The fourth-order valence-electron chi connectivity index (χ4n) is 1.84. The molecular weight excluding hydrogens is 166 g/mol. The van der Waals surface area contributed by atoms with Crippen LogP contribution in [0, 0.1) is 11.3 Å². The molecule has 1 aliphatic heterocycles. The van der Waals surface area contributed by atoms with Gasteiger partial charge in [-0.2, -0.15) is 11.8 Å². The highest BCUT2D eigenvalue weighted by Crippen LogP contribution is 2.32. The Labute approximate surface area is 80.5 Å². The molecule has 2 atom stereocenters. The average molecular weight is 187 g/mol. The van der Waals surface area contributed by atoms with Crippen LogP contribution in [-0.2, 0) is 0 Å². The second kappa shape index (κ2) is 4.01. The highest BCUT2D eigenvalue weighted by Gasteiger charge is 2.26. The highest BCUT2D eigenvalue weighted by molar-refractivity contribution is 7.99. The zero-order valence-electron chi connectivity index (χ0n) is 8.47. The van der Waals surface area contributed by atoms with Crippen LogP contribution in [0.5, 0.6) is 0 Å². The minimum absolute atomic E-state index is 0.447. The van der Waals surface area contributed by atoms with Crippen molar-refractivity contribution in [2.75, 3.05) is 11.5 Å².